The molecule has 0 spiro atoms. The molecule has 0 heterocycles. The molecule has 0 aromatic heterocycles. The van der Waals surface area contributed by atoms with E-state index in [2.05, 4.69) is 0 Å². The summed E-state index contributed by atoms with van der Waals surface area (Å²) in [6, 6.07) is 15.3. The number of nitrogens with zero attached hydrogens (tertiary/aromatic N) is 1. The molecule has 1 N–H and O–H groups in total. The molecule has 0 radical (unpaired) electrons. The first-order valence-electron chi connectivity index (χ1n) is 8.97. The molecule has 29 heavy (non-hydrogen) atoms. The zero-order valence-corrected chi connectivity index (χ0v) is 16.9. The second kappa shape index (κ2) is 9.63. The Labute approximate surface area is 171 Å². The molecule has 0 aliphatic rings. The van der Waals surface area contributed by atoms with Crippen molar-refractivity contribution in [3.05, 3.63) is 65.7 Å². The van der Waals surface area contributed by atoms with Gasteiger partial charge in [-0.1, -0.05) is 48.0 Å². The van der Waals surface area contributed by atoms with Gasteiger partial charge in [0.15, 0.2) is 0 Å². The summed E-state index contributed by atoms with van der Waals surface area (Å²) in [7, 11) is 0. The van der Waals surface area contributed by atoms with Crippen LogP contribution in [0, 0.1) is 6.92 Å². The number of aryl methyl sites for hydroxylation is 1. The Morgan fingerprint density at radius 1 is 1.10 bits per heavy atom. The molecule has 158 valence electrons. The van der Waals surface area contributed by atoms with Crippen LogP contribution >= 0.6 is 11.8 Å². The van der Waals surface area contributed by atoms with Crippen LogP contribution in [0.3, 0.4) is 0 Å². The summed E-state index contributed by atoms with van der Waals surface area (Å²) in [5.41, 5.74) is -0.677. The Morgan fingerprint density at radius 3 is 2.21 bits per heavy atom. The number of carbonyl (C=O) groups excluding carboxylic acids is 1. The van der Waals surface area contributed by atoms with E-state index in [1.54, 1.807) is 42.5 Å². The molecule has 3 nitrogen and oxygen atoms in total. The Bertz CT molecular complexity index is 799. The second-order valence-corrected chi connectivity index (χ2v) is 8.37. The highest BCUT2D eigenvalue weighted by molar-refractivity contribution is 8.00. The summed E-state index contributed by atoms with van der Waals surface area (Å²) in [4.78, 5) is 13.1. The fourth-order valence-corrected chi connectivity index (χ4v) is 3.78. The lowest BCUT2D eigenvalue weighted by Crippen LogP contribution is -2.54. The Morgan fingerprint density at radius 2 is 1.69 bits per heavy atom. The maximum absolute atomic E-state index is 13.8. The number of halogens is 4. The number of hydrogen-bond donors (Lipinski definition) is 1. The van der Waals surface area contributed by atoms with Gasteiger partial charge < -0.3 is 10.0 Å². The zero-order valence-electron chi connectivity index (χ0n) is 16.1. The predicted octanol–water partition coefficient (Wildman–Crippen LogP) is 4.77. The number of rotatable bonds is 8. The molecule has 2 aromatic rings. The van der Waals surface area contributed by atoms with Crippen molar-refractivity contribution in [3.8, 4) is 0 Å². The van der Waals surface area contributed by atoms with Gasteiger partial charge in [0.05, 0.1) is 6.54 Å². The van der Waals surface area contributed by atoms with Gasteiger partial charge >= 0.3 is 12.1 Å². The monoisotopic (exact) mass is 429 g/mol. The summed E-state index contributed by atoms with van der Waals surface area (Å²) in [6.45, 7) is 0.979. The van der Waals surface area contributed by atoms with Gasteiger partial charge in [-0.05, 0) is 31.5 Å². The minimum atomic E-state index is -5.13. The summed E-state index contributed by atoms with van der Waals surface area (Å²) >= 11 is 1.14. The van der Waals surface area contributed by atoms with Gasteiger partial charge in [-0.3, -0.25) is 4.79 Å². The highest BCUT2D eigenvalue weighted by Crippen LogP contribution is 2.33. The van der Waals surface area contributed by atoms with E-state index in [-0.39, 0.29) is 6.54 Å². The van der Waals surface area contributed by atoms with Crippen LogP contribution in [0.1, 0.15) is 18.1 Å². The van der Waals surface area contributed by atoms with Crippen LogP contribution in [0.25, 0.3) is 0 Å². The first-order valence-corrected chi connectivity index (χ1v) is 9.85. The molecule has 1 amide bonds. The molecule has 8 heteroatoms. The van der Waals surface area contributed by atoms with Crippen LogP contribution in [0.4, 0.5) is 17.6 Å². The van der Waals surface area contributed by atoms with E-state index in [0.717, 1.165) is 22.2 Å². The minimum absolute atomic E-state index is 0.386. The predicted molar refractivity (Wildman–Crippen MR) is 105 cm³/mol. The van der Waals surface area contributed by atoms with Crippen LogP contribution < -0.4 is 0 Å². The van der Waals surface area contributed by atoms with Crippen LogP contribution in [0.5, 0.6) is 0 Å². The number of carbonyl (C=O) groups is 1. The number of aliphatic hydroxyl groups is 1. The van der Waals surface area contributed by atoms with Gasteiger partial charge in [0.1, 0.15) is 12.3 Å². The summed E-state index contributed by atoms with van der Waals surface area (Å²) in [5.74, 6) is -2.11. The van der Waals surface area contributed by atoms with E-state index in [4.69, 9.17) is 0 Å². The maximum atomic E-state index is 13.8. The third-order valence-electron chi connectivity index (χ3n) is 4.53. The van der Waals surface area contributed by atoms with E-state index >= 15 is 0 Å². The van der Waals surface area contributed by atoms with Crippen LogP contribution in [0.15, 0.2) is 59.5 Å². The third-order valence-corrected chi connectivity index (χ3v) is 5.87. The van der Waals surface area contributed by atoms with Crippen molar-refractivity contribution < 1.29 is 27.5 Å². The molecule has 0 bridgehead atoms. The number of alkyl halides is 4. The summed E-state index contributed by atoms with van der Waals surface area (Å²) in [5, 5.41) is 10.0. The van der Waals surface area contributed by atoms with Gasteiger partial charge in [-0.2, -0.15) is 13.2 Å². The molecule has 0 saturated carbocycles. The van der Waals surface area contributed by atoms with Crippen molar-refractivity contribution in [1.82, 2.24) is 4.90 Å². The van der Waals surface area contributed by atoms with E-state index in [1.165, 1.54) is 6.92 Å². The molecule has 2 aromatic carbocycles. The van der Waals surface area contributed by atoms with E-state index < -0.39 is 36.2 Å². The molecule has 2 rings (SSSR count). The smallest absolute Gasteiger partial charge is 0.384 e. The van der Waals surface area contributed by atoms with Crippen molar-refractivity contribution in [2.75, 3.05) is 13.2 Å². The van der Waals surface area contributed by atoms with Crippen LogP contribution in [-0.2, 0) is 11.3 Å². The van der Waals surface area contributed by atoms with Gasteiger partial charge in [0.25, 0.3) is 0 Å². The Balaban J connectivity index is 2.23. The normalized spacial score (nSPS) is 14.9. The number of thioether (sulfide) groups is 1. The van der Waals surface area contributed by atoms with Crippen LogP contribution in [-0.4, -0.2) is 46.2 Å². The van der Waals surface area contributed by atoms with Crippen molar-refractivity contribution in [3.63, 3.8) is 0 Å². The fraction of sp³-hybridized carbons (Fsp3) is 0.381. The largest absolute Gasteiger partial charge is 0.471 e. The van der Waals surface area contributed by atoms with Gasteiger partial charge in [0.2, 0.25) is 0 Å². The lowest BCUT2D eigenvalue weighted by Gasteiger charge is -2.36. The average molecular weight is 429 g/mol. The van der Waals surface area contributed by atoms with Gasteiger partial charge in [-0.25, -0.2) is 4.39 Å². The molecule has 0 fully saturated rings. The molecule has 0 saturated heterocycles. The number of amides is 1. The molecular formula is C21H23F4NO2S. The average Bonchev–Trinajstić information content (AvgIpc) is 2.68. The highest BCUT2D eigenvalue weighted by atomic mass is 32.2. The number of hydrogen-bond acceptors (Lipinski definition) is 3. The maximum Gasteiger partial charge on any atom is 0.471 e. The fourth-order valence-electron chi connectivity index (χ4n) is 2.72. The molecular weight excluding hydrogens is 406 g/mol. The van der Waals surface area contributed by atoms with Crippen LogP contribution in [0.2, 0.25) is 0 Å². The van der Waals surface area contributed by atoms with E-state index in [1.807, 2.05) is 19.1 Å². The zero-order chi connectivity index (χ0) is 21.7. The lowest BCUT2D eigenvalue weighted by atomic mass is 10.0. The first kappa shape index (κ1) is 23.2. The molecule has 0 aliphatic carbocycles. The summed E-state index contributed by atoms with van der Waals surface area (Å²) in [6.07, 6.45) is -5.13. The SMILES string of the molecule is Cc1ccc(S[C@@H](C)[C@@](O)(CF)CN(Cc2ccccc2)C(=O)C(F)(F)F)cc1. The Kier molecular flexibility index (Phi) is 7.71. The minimum Gasteiger partial charge on any atom is -0.384 e. The topological polar surface area (TPSA) is 40.5 Å². The van der Waals surface area contributed by atoms with Crippen molar-refractivity contribution in [1.29, 1.82) is 0 Å². The molecule has 0 aliphatic heterocycles. The highest BCUT2D eigenvalue weighted by Gasteiger charge is 2.46. The van der Waals surface area contributed by atoms with E-state index in [0.29, 0.717) is 10.5 Å². The van der Waals surface area contributed by atoms with Crippen molar-refractivity contribution >= 4 is 17.7 Å². The van der Waals surface area contributed by atoms with Crippen molar-refractivity contribution in [2.24, 2.45) is 0 Å². The van der Waals surface area contributed by atoms with E-state index in [9.17, 15) is 27.5 Å². The van der Waals surface area contributed by atoms with Gasteiger partial charge in [-0.15, -0.1) is 11.8 Å². The standard InChI is InChI=1S/C21H23F4NO2S/c1-15-8-10-18(11-9-15)29-16(2)20(28,13-22)14-26(19(27)21(23,24)25)12-17-6-4-3-5-7-17/h3-11,16,28H,12-14H2,1-2H3/t16-,20+/m0/s1. The second-order valence-electron chi connectivity index (χ2n) is 6.95. The molecule has 0 unspecified atom stereocenters. The first-order chi connectivity index (χ1) is 13.5. The van der Waals surface area contributed by atoms with Crippen molar-refractivity contribution in [2.45, 2.75) is 42.3 Å². The summed E-state index contributed by atoms with van der Waals surface area (Å²) < 4.78 is 53.1. The molecule has 2 atom stereocenters. The Hall–Kier alpha value is -2.06. The quantitative estimate of drug-likeness (QED) is 0.486. The lowest BCUT2D eigenvalue weighted by molar-refractivity contribution is -0.189. The third kappa shape index (κ3) is 6.47. The number of benzene rings is 2. The van der Waals surface area contributed by atoms with Gasteiger partial charge in [0, 0.05) is 16.7 Å².